The van der Waals surface area contributed by atoms with E-state index in [0.717, 1.165) is 17.7 Å². The van der Waals surface area contributed by atoms with Crippen LogP contribution >= 0.6 is 0 Å². The first-order chi connectivity index (χ1) is 11.2. The molecule has 5 atom stereocenters. The standard InChI is InChI=1S/C18H20N2O3/c1-10-12-7-18(11-5-3-2-4-6-11)8-13(16(12)19-22)17(20-23)15(10)14(18)9-21/h2-6,9-10,12-13,15,21-23H,7-8H2,1H3/b14-9-,19-16+,20-17-. The van der Waals surface area contributed by atoms with Crippen LogP contribution < -0.4 is 0 Å². The average Bonchev–Trinajstić information content (AvgIpc) is 2.60. The molecule has 4 aliphatic carbocycles. The van der Waals surface area contributed by atoms with Gasteiger partial charge in [0.2, 0.25) is 0 Å². The van der Waals surface area contributed by atoms with E-state index in [-0.39, 0.29) is 29.1 Å². The number of hydrogen-bond donors (Lipinski definition) is 3. The number of hydrogen-bond acceptors (Lipinski definition) is 5. The van der Waals surface area contributed by atoms with Gasteiger partial charge in [-0.1, -0.05) is 47.6 Å². The van der Waals surface area contributed by atoms with E-state index in [1.807, 2.05) is 18.2 Å². The van der Waals surface area contributed by atoms with E-state index in [2.05, 4.69) is 29.4 Å². The largest absolute Gasteiger partial charge is 0.516 e. The Kier molecular flexibility index (Phi) is 3.01. The lowest BCUT2D eigenvalue weighted by atomic mass is 9.42. The smallest absolute Gasteiger partial charge is 0.0799 e. The zero-order chi connectivity index (χ0) is 16.2. The molecule has 0 amide bonds. The zero-order valence-corrected chi connectivity index (χ0v) is 12.9. The normalized spacial score (nSPS) is 43.6. The van der Waals surface area contributed by atoms with Crippen molar-refractivity contribution in [2.75, 3.05) is 0 Å². The summed E-state index contributed by atoms with van der Waals surface area (Å²) in [5.74, 6) is 0.0128. The quantitative estimate of drug-likeness (QED) is 0.422. The number of benzene rings is 1. The van der Waals surface area contributed by atoms with Gasteiger partial charge in [-0.15, -0.1) is 0 Å². The van der Waals surface area contributed by atoms with Crippen LogP contribution in [0.5, 0.6) is 0 Å². The summed E-state index contributed by atoms with van der Waals surface area (Å²) in [6.45, 7) is 2.08. The molecule has 5 nitrogen and oxygen atoms in total. The fourth-order valence-electron chi connectivity index (χ4n) is 5.32. The number of nitrogens with zero attached hydrogens (tertiary/aromatic N) is 2. The molecule has 5 rings (SSSR count). The van der Waals surface area contributed by atoms with Gasteiger partial charge in [0.15, 0.2) is 0 Å². The second-order valence-corrected chi connectivity index (χ2v) is 6.99. The molecule has 23 heavy (non-hydrogen) atoms. The fourth-order valence-corrected chi connectivity index (χ4v) is 5.32. The molecule has 0 saturated heterocycles. The van der Waals surface area contributed by atoms with Gasteiger partial charge in [0.1, 0.15) is 0 Å². The third-order valence-corrected chi connectivity index (χ3v) is 6.28. The first-order valence-electron chi connectivity index (χ1n) is 8.02. The molecule has 1 aromatic rings. The summed E-state index contributed by atoms with van der Waals surface area (Å²) in [5.41, 5.74) is 3.16. The average molecular weight is 312 g/mol. The minimum Gasteiger partial charge on any atom is -0.516 e. The topological polar surface area (TPSA) is 85.4 Å². The van der Waals surface area contributed by atoms with Gasteiger partial charge >= 0.3 is 0 Å². The fraction of sp³-hybridized carbons (Fsp3) is 0.444. The van der Waals surface area contributed by atoms with E-state index in [9.17, 15) is 15.5 Å². The molecule has 3 N–H and O–H groups in total. The molecule has 0 spiro atoms. The Bertz CT molecular complexity index is 725. The Morgan fingerprint density at radius 3 is 2.39 bits per heavy atom. The van der Waals surface area contributed by atoms with E-state index < -0.39 is 0 Å². The van der Waals surface area contributed by atoms with E-state index in [1.54, 1.807) is 0 Å². The zero-order valence-electron chi connectivity index (χ0n) is 12.9. The molecule has 4 aliphatic rings. The van der Waals surface area contributed by atoms with Gasteiger partial charge in [0.25, 0.3) is 0 Å². The SMILES string of the molecule is CC1C2CC3(c4ccccc4)CC(/C2=N/O)/C(=N/O)C1/C3=C/O. The second kappa shape index (κ2) is 4.85. The van der Waals surface area contributed by atoms with Crippen molar-refractivity contribution in [3.05, 3.63) is 47.7 Å². The summed E-state index contributed by atoms with van der Waals surface area (Å²) in [4.78, 5) is 0. The Morgan fingerprint density at radius 1 is 1.09 bits per heavy atom. The number of aliphatic hydroxyl groups is 1. The van der Waals surface area contributed by atoms with Crippen LogP contribution in [0, 0.1) is 23.7 Å². The van der Waals surface area contributed by atoms with Gasteiger partial charge in [-0.05, 0) is 29.9 Å². The maximum Gasteiger partial charge on any atom is 0.0799 e. The molecule has 4 bridgehead atoms. The summed E-state index contributed by atoms with van der Waals surface area (Å²) < 4.78 is 0. The molecule has 4 saturated carbocycles. The van der Waals surface area contributed by atoms with E-state index >= 15 is 0 Å². The Hall–Kier alpha value is -2.30. The van der Waals surface area contributed by atoms with Crippen LogP contribution in [0.1, 0.15) is 25.3 Å². The third kappa shape index (κ3) is 1.62. The van der Waals surface area contributed by atoms with Crippen molar-refractivity contribution < 1.29 is 15.5 Å². The Labute approximate surface area is 134 Å². The van der Waals surface area contributed by atoms with Crippen LogP contribution in [0.25, 0.3) is 0 Å². The van der Waals surface area contributed by atoms with Crippen LogP contribution in [-0.2, 0) is 5.41 Å². The molecule has 5 heteroatoms. The molecule has 0 aliphatic heterocycles. The predicted molar refractivity (Wildman–Crippen MR) is 86.1 cm³/mol. The molecule has 1 aromatic carbocycles. The first-order valence-corrected chi connectivity index (χ1v) is 8.02. The highest BCUT2D eigenvalue weighted by Gasteiger charge is 2.63. The van der Waals surface area contributed by atoms with Crippen molar-refractivity contribution in [1.29, 1.82) is 0 Å². The molecule has 0 radical (unpaired) electrons. The molecule has 0 heterocycles. The highest BCUT2D eigenvalue weighted by Crippen LogP contribution is 2.63. The lowest BCUT2D eigenvalue weighted by molar-refractivity contribution is 0.151. The van der Waals surface area contributed by atoms with Crippen LogP contribution in [0.4, 0.5) is 0 Å². The van der Waals surface area contributed by atoms with Crippen molar-refractivity contribution in [2.24, 2.45) is 34.0 Å². The monoisotopic (exact) mass is 312 g/mol. The summed E-state index contributed by atoms with van der Waals surface area (Å²) in [6.07, 6.45) is 2.70. The number of aliphatic hydroxyl groups excluding tert-OH is 1. The van der Waals surface area contributed by atoms with E-state index in [1.165, 1.54) is 11.8 Å². The van der Waals surface area contributed by atoms with Gasteiger partial charge in [-0.25, -0.2) is 0 Å². The minimum absolute atomic E-state index is 0.104. The maximum absolute atomic E-state index is 10.0. The van der Waals surface area contributed by atoms with Crippen molar-refractivity contribution >= 4 is 11.4 Å². The van der Waals surface area contributed by atoms with E-state index in [4.69, 9.17) is 0 Å². The predicted octanol–water partition coefficient (Wildman–Crippen LogP) is 3.33. The minimum atomic E-state index is -0.273. The summed E-state index contributed by atoms with van der Waals surface area (Å²) in [6, 6.07) is 10.2. The molecule has 120 valence electrons. The van der Waals surface area contributed by atoms with Crippen LogP contribution in [-0.4, -0.2) is 26.9 Å². The molecule has 4 fully saturated rings. The van der Waals surface area contributed by atoms with Crippen LogP contribution in [0.15, 0.2) is 52.5 Å². The van der Waals surface area contributed by atoms with Gasteiger partial charge in [-0.3, -0.25) is 0 Å². The van der Waals surface area contributed by atoms with Crippen molar-refractivity contribution in [3.8, 4) is 0 Å². The maximum atomic E-state index is 10.0. The van der Waals surface area contributed by atoms with Crippen molar-refractivity contribution in [2.45, 2.75) is 25.2 Å². The summed E-state index contributed by atoms with van der Waals surface area (Å²) in [5, 5.41) is 36.1. The number of rotatable bonds is 1. The van der Waals surface area contributed by atoms with Gasteiger partial charge in [0.05, 0.1) is 17.7 Å². The molecule has 0 aromatic heterocycles. The lowest BCUT2D eigenvalue weighted by Gasteiger charge is -2.60. The Balaban J connectivity index is 1.95. The van der Waals surface area contributed by atoms with Crippen molar-refractivity contribution in [1.82, 2.24) is 0 Å². The first kappa shape index (κ1) is 14.3. The third-order valence-electron chi connectivity index (χ3n) is 6.28. The Morgan fingerprint density at radius 2 is 1.78 bits per heavy atom. The molecule has 5 unspecified atom stereocenters. The highest BCUT2D eigenvalue weighted by molar-refractivity contribution is 6.14. The lowest BCUT2D eigenvalue weighted by Crippen LogP contribution is -2.63. The van der Waals surface area contributed by atoms with Gasteiger partial charge < -0.3 is 15.5 Å². The van der Waals surface area contributed by atoms with E-state index in [0.29, 0.717) is 12.1 Å². The van der Waals surface area contributed by atoms with Crippen LogP contribution in [0.3, 0.4) is 0 Å². The molecular weight excluding hydrogens is 292 g/mol. The van der Waals surface area contributed by atoms with Crippen molar-refractivity contribution in [3.63, 3.8) is 0 Å². The number of oxime groups is 2. The second-order valence-electron chi connectivity index (χ2n) is 6.99. The van der Waals surface area contributed by atoms with Gasteiger partial charge in [-0.2, -0.15) is 0 Å². The van der Waals surface area contributed by atoms with Gasteiger partial charge in [0, 0.05) is 23.2 Å². The molecular formula is C18H20N2O3. The number of allylic oxidation sites excluding steroid dienone is 1. The highest BCUT2D eigenvalue weighted by atomic mass is 16.4. The summed E-state index contributed by atoms with van der Waals surface area (Å²) >= 11 is 0. The van der Waals surface area contributed by atoms with Crippen LogP contribution in [0.2, 0.25) is 0 Å². The summed E-state index contributed by atoms with van der Waals surface area (Å²) in [7, 11) is 0.